The highest BCUT2D eigenvalue weighted by Gasteiger charge is 2.43. The minimum absolute atomic E-state index is 0.601. The second-order valence-electron chi connectivity index (χ2n) is 24.8. The summed E-state index contributed by atoms with van der Waals surface area (Å²) in [6.45, 7) is 0. The van der Waals surface area contributed by atoms with Crippen LogP contribution in [0, 0.1) is 0 Å². The van der Waals surface area contributed by atoms with Crippen molar-refractivity contribution in [1.29, 1.82) is 0 Å². The van der Waals surface area contributed by atoms with E-state index < -0.39 is 104 Å². The Morgan fingerprint density at radius 3 is 0.225 bits per heavy atom. The first kappa shape index (κ1) is 90.0. The predicted octanol–water partition coefficient (Wildman–Crippen LogP) is 25.6. The van der Waals surface area contributed by atoms with Crippen molar-refractivity contribution in [1.82, 2.24) is 0 Å². The van der Waals surface area contributed by atoms with Crippen molar-refractivity contribution in [3.63, 3.8) is 0 Å². The molecule has 0 N–H and O–H groups in total. The molecule has 0 atom stereocenters. The zero-order valence-electron chi connectivity index (χ0n) is 62.9. The average molecular weight is 1810 g/mol. The fourth-order valence-corrected chi connectivity index (χ4v) is 34.2. The van der Waals surface area contributed by atoms with Gasteiger partial charge in [0.1, 0.15) is 0 Å². The summed E-state index contributed by atoms with van der Waals surface area (Å²) in [6, 6.07) is 133. The van der Waals surface area contributed by atoms with Gasteiger partial charge in [-0.25, -0.2) is 0 Å². The molecular weight excluding hydrogens is 1740 g/mol. The fourth-order valence-electron chi connectivity index (χ4n) is 12.4. The first-order valence-corrected chi connectivity index (χ1v) is 50.2. The van der Waals surface area contributed by atoms with Gasteiger partial charge in [0.05, 0.1) is 0 Å². The van der Waals surface area contributed by atoms with E-state index in [0.29, 0.717) is 73.4 Å². The van der Waals surface area contributed by atoms with Crippen molar-refractivity contribution < 1.29 is 79.7 Å². The van der Waals surface area contributed by atoms with Gasteiger partial charge in [0.25, 0.3) is 0 Å². The Morgan fingerprint density at radius 1 is 0.117 bits per heavy atom. The van der Waals surface area contributed by atoms with Gasteiger partial charge in [0, 0.05) is 73.4 Å². The zero-order chi connectivity index (χ0) is 85.2. The third-order valence-electron chi connectivity index (χ3n) is 17.0. The molecule has 30 heteroatoms. The van der Waals surface area contributed by atoms with E-state index in [4.69, 9.17) is 18.1 Å². The van der Waals surface area contributed by atoms with Crippen LogP contribution in [0.15, 0.2) is 528 Å². The summed E-state index contributed by atoms with van der Waals surface area (Å²) in [4.78, 5) is 9.01. The van der Waals surface area contributed by atoms with Crippen LogP contribution >= 0.6 is 51.5 Å². The number of rotatable bonds is 25. The molecule has 15 nitrogen and oxygen atoms in total. The van der Waals surface area contributed by atoms with Crippen LogP contribution in [0.5, 0.6) is 0 Å². The van der Waals surface area contributed by atoms with Gasteiger partial charge in [-0.2, -0.15) is 60.2 Å². The molecule has 0 fully saturated rings. The van der Waals surface area contributed by atoms with Crippen molar-refractivity contribution in [3.05, 3.63) is 455 Å². The van der Waals surface area contributed by atoms with E-state index >= 15 is 0 Å². The monoisotopic (exact) mass is 1810 g/mol. The van der Waals surface area contributed by atoms with Crippen molar-refractivity contribution in [3.8, 4) is 0 Å². The Bertz CT molecular complexity index is 4920. The van der Waals surface area contributed by atoms with Gasteiger partial charge < -0.3 is 0 Å². The molecule has 0 spiro atoms. The first-order chi connectivity index (χ1) is 57.6. The lowest BCUT2D eigenvalue weighted by atomic mass is 10.4. The van der Waals surface area contributed by atoms with Crippen molar-refractivity contribution >= 4 is 104 Å². The molecule has 15 aromatic rings. The number of halogens is 5. The molecule has 0 aliphatic rings. The maximum absolute atomic E-state index is 13.7. The molecule has 620 valence electrons. The number of hydrogen-bond donors (Lipinski definition) is 0. The maximum Gasteiger partial charge on any atom is 0.447 e. The smallest absolute Gasteiger partial charge is 0.181 e. The summed E-state index contributed by atoms with van der Waals surface area (Å²) in [7, 11) is -39.7. The predicted molar refractivity (Wildman–Crippen MR) is 464 cm³/mol. The highest BCUT2D eigenvalue weighted by atomic mass is 32.3. The average Bonchev–Trinajstić information content (AvgIpc) is 0.776. The molecular formula is C90H75F5O15S10. The van der Waals surface area contributed by atoms with Gasteiger partial charge in [-0.15, -0.1) is 0 Å². The van der Waals surface area contributed by atoms with Crippen LogP contribution in [0.25, 0.3) is 0 Å². The van der Waals surface area contributed by atoms with Crippen molar-refractivity contribution in [2.24, 2.45) is 0 Å². The van der Waals surface area contributed by atoms with E-state index in [-0.39, 0.29) is 0 Å². The SMILES string of the molecule is O=S(=O)(F)OS(c1ccccc1)(c1ccccc1)c1ccccc1.O=S(=O)(F)OS(c1ccccc1)(c1ccccc1)c1ccccc1.O=S(=O)(F)OS(c1ccccc1)(c1ccccc1)c1ccccc1.O=S(=O)(F)OS(c1ccccc1)(c1ccccc1)c1ccccc1.O=S(=O)(F)OS(c1ccccc1)(c1ccccc1)c1ccccc1. The van der Waals surface area contributed by atoms with Crippen LogP contribution in [-0.2, 0) is 70.7 Å². The van der Waals surface area contributed by atoms with Crippen LogP contribution in [-0.4, -0.2) is 42.1 Å². The maximum atomic E-state index is 13.7. The van der Waals surface area contributed by atoms with Crippen LogP contribution in [0.3, 0.4) is 0 Å². The fraction of sp³-hybridized carbons (Fsp3) is 0. The van der Waals surface area contributed by atoms with Crippen LogP contribution < -0.4 is 0 Å². The van der Waals surface area contributed by atoms with Crippen LogP contribution in [0.4, 0.5) is 19.4 Å². The standard InChI is InChI=1S/5C18H15FO3S2/c5*19-24(20,21)22-23(16-10-4-1-5-11-16,17-12-6-2-7-13-17)18-14-8-3-9-15-18/h5*1-15H. The molecule has 0 amide bonds. The molecule has 0 radical (unpaired) electrons. The Kier molecular flexibility index (Phi) is 30.8. The first-order valence-electron chi connectivity index (χ1n) is 35.8. The Balaban J connectivity index is 0.000000147. The van der Waals surface area contributed by atoms with Gasteiger partial charge in [-0.05, 0) is 234 Å². The largest absolute Gasteiger partial charge is 0.447 e. The lowest BCUT2D eigenvalue weighted by Gasteiger charge is -2.38. The highest BCUT2D eigenvalue weighted by Crippen LogP contribution is 2.74. The van der Waals surface area contributed by atoms with Crippen LogP contribution in [0.2, 0.25) is 0 Å². The Labute approximate surface area is 706 Å². The normalized spacial score (nSPS) is 12.7. The third kappa shape index (κ3) is 23.0. The Hall–Kier alpha value is -10.8. The summed E-state index contributed by atoms with van der Waals surface area (Å²) in [5.41, 5.74) is 0. The molecule has 0 aliphatic heterocycles. The molecule has 0 aliphatic carbocycles. The summed E-state index contributed by atoms with van der Waals surface area (Å²) >= 11 is 0. The second kappa shape index (κ2) is 41.0. The summed E-state index contributed by atoms with van der Waals surface area (Å²) < 4.78 is 209. The number of hydrogen-bond acceptors (Lipinski definition) is 15. The molecule has 120 heavy (non-hydrogen) atoms. The molecule has 0 unspecified atom stereocenters. The molecule has 0 aromatic heterocycles. The van der Waals surface area contributed by atoms with E-state index in [0.717, 1.165) is 0 Å². The van der Waals surface area contributed by atoms with Gasteiger partial charge in [-0.3, -0.25) is 0 Å². The molecule has 0 saturated carbocycles. The zero-order valence-corrected chi connectivity index (χ0v) is 71.1. The number of benzene rings is 15. The topological polar surface area (TPSA) is 217 Å². The van der Waals surface area contributed by atoms with E-state index in [2.05, 4.69) is 0 Å². The quantitative estimate of drug-likeness (QED) is 0.0384. The van der Waals surface area contributed by atoms with E-state index in [1.807, 2.05) is 91.0 Å². The molecule has 15 aromatic carbocycles. The van der Waals surface area contributed by atoms with Gasteiger partial charge in [-0.1, -0.05) is 292 Å². The van der Waals surface area contributed by atoms with E-state index in [1.165, 1.54) is 0 Å². The van der Waals surface area contributed by atoms with Gasteiger partial charge >= 0.3 is 52.5 Å². The summed E-state index contributed by atoms with van der Waals surface area (Å²) in [5.74, 6) is 0. The molecule has 0 saturated heterocycles. The minimum Gasteiger partial charge on any atom is -0.181 e. The van der Waals surface area contributed by atoms with Crippen LogP contribution in [0.1, 0.15) is 0 Å². The lowest BCUT2D eigenvalue weighted by Crippen LogP contribution is -2.11. The summed E-state index contributed by atoms with van der Waals surface area (Å²) in [5, 5.41) is 0. The Morgan fingerprint density at radius 2 is 0.175 bits per heavy atom. The highest BCUT2D eigenvalue weighted by molar-refractivity contribution is 8.34. The summed E-state index contributed by atoms with van der Waals surface area (Å²) in [6.07, 6.45) is 0. The van der Waals surface area contributed by atoms with Crippen molar-refractivity contribution in [2.75, 3.05) is 0 Å². The van der Waals surface area contributed by atoms with Gasteiger partial charge in [0.15, 0.2) is 0 Å². The molecule has 0 heterocycles. The third-order valence-corrected chi connectivity index (χ3v) is 38.4. The van der Waals surface area contributed by atoms with Crippen molar-refractivity contribution in [2.45, 2.75) is 73.4 Å². The minimum atomic E-state index is -5.19. The van der Waals surface area contributed by atoms with E-state index in [1.54, 1.807) is 364 Å². The molecule has 15 rings (SSSR count). The van der Waals surface area contributed by atoms with Gasteiger partial charge in [0.2, 0.25) is 0 Å². The van der Waals surface area contributed by atoms with E-state index in [9.17, 15) is 61.5 Å². The lowest BCUT2D eigenvalue weighted by molar-refractivity contribution is 0.456. The second-order valence-corrected chi connectivity index (χ2v) is 44.1. The molecule has 0 bridgehead atoms.